The van der Waals surface area contributed by atoms with Crippen LogP contribution in [0, 0.1) is 31.4 Å². The van der Waals surface area contributed by atoms with Crippen LogP contribution in [0.3, 0.4) is 0 Å². The SMILES string of the molecule is Cc1cc(C)cc([C@@H](CC(C)C)NC(=O)c2cc(COc3cc(F)ccc3F)ccc2CCC(=O)O)c1. The highest BCUT2D eigenvalue weighted by Crippen LogP contribution is 2.26. The first-order valence-electron chi connectivity index (χ1n) is 12.3. The van der Waals surface area contributed by atoms with E-state index in [-0.39, 0.29) is 37.1 Å². The van der Waals surface area contributed by atoms with Crippen LogP contribution in [-0.2, 0) is 17.8 Å². The van der Waals surface area contributed by atoms with Crippen molar-refractivity contribution in [1.29, 1.82) is 0 Å². The van der Waals surface area contributed by atoms with Crippen molar-refractivity contribution in [2.75, 3.05) is 0 Å². The van der Waals surface area contributed by atoms with Crippen LogP contribution < -0.4 is 10.1 Å². The minimum Gasteiger partial charge on any atom is -0.486 e. The second kappa shape index (κ2) is 12.5. The molecule has 0 aliphatic carbocycles. The number of nitrogens with one attached hydrogen (secondary N) is 1. The van der Waals surface area contributed by atoms with Gasteiger partial charge in [0.2, 0.25) is 0 Å². The molecule has 7 heteroatoms. The number of carboxylic acids is 1. The molecule has 5 nitrogen and oxygen atoms in total. The zero-order valence-electron chi connectivity index (χ0n) is 21.6. The number of carboxylic acid groups (broad SMARTS) is 1. The molecular weight excluding hydrogens is 476 g/mol. The zero-order valence-corrected chi connectivity index (χ0v) is 21.6. The topological polar surface area (TPSA) is 75.6 Å². The molecule has 1 amide bonds. The Bertz CT molecular complexity index is 1250. The van der Waals surface area contributed by atoms with Crippen LogP contribution in [0.4, 0.5) is 8.78 Å². The smallest absolute Gasteiger partial charge is 0.303 e. The van der Waals surface area contributed by atoms with Crippen LogP contribution in [0.25, 0.3) is 0 Å². The van der Waals surface area contributed by atoms with Crippen molar-refractivity contribution in [3.8, 4) is 5.75 Å². The quantitative estimate of drug-likeness (QED) is 0.302. The van der Waals surface area contributed by atoms with Gasteiger partial charge in [0, 0.05) is 18.1 Å². The van der Waals surface area contributed by atoms with Crippen molar-refractivity contribution in [2.45, 2.75) is 59.6 Å². The Morgan fingerprint density at radius 3 is 2.32 bits per heavy atom. The number of hydrogen-bond acceptors (Lipinski definition) is 3. The Morgan fingerprint density at radius 1 is 0.973 bits per heavy atom. The first-order chi connectivity index (χ1) is 17.5. The number of hydrogen-bond donors (Lipinski definition) is 2. The standard InChI is InChI=1S/C30H33F2NO4/c1-18(2)11-27(23-13-19(3)12-20(4)14-23)33-30(36)25-15-21(5-6-22(25)7-10-29(34)35)17-37-28-16-24(31)8-9-26(28)32/h5-6,8-9,12-16,18,27H,7,10-11,17H2,1-4H3,(H,33,36)(H,34,35)/t27-/m1/s1. The van der Waals surface area contributed by atoms with Crippen molar-refractivity contribution < 1.29 is 28.2 Å². The van der Waals surface area contributed by atoms with Crippen molar-refractivity contribution in [3.63, 3.8) is 0 Å². The summed E-state index contributed by atoms with van der Waals surface area (Å²) in [4.78, 5) is 24.8. The summed E-state index contributed by atoms with van der Waals surface area (Å²) in [7, 11) is 0. The molecular formula is C30H33F2NO4. The van der Waals surface area contributed by atoms with Gasteiger partial charge in [0.25, 0.3) is 5.91 Å². The average Bonchev–Trinajstić information content (AvgIpc) is 2.82. The van der Waals surface area contributed by atoms with E-state index in [4.69, 9.17) is 4.74 Å². The van der Waals surface area contributed by atoms with Crippen molar-refractivity contribution in [1.82, 2.24) is 5.32 Å². The third-order valence-corrected chi connectivity index (χ3v) is 5.97. The summed E-state index contributed by atoms with van der Waals surface area (Å²) in [5.41, 5.74) is 4.70. The lowest BCUT2D eigenvalue weighted by Crippen LogP contribution is -2.30. The van der Waals surface area contributed by atoms with Gasteiger partial charge in [0.15, 0.2) is 11.6 Å². The number of carbonyl (C=O) groups excluding carboxylic acids is 1. The molecule has 0 saturated carbocycles. The molecule has 3 rings (SSSR count). The fourth-order valence-corrected chi connectivity index (χ4v) is 4.33. The van der Waals surface area contributed by atoms with Gasteiger partial charge in [-0.1, -0.05) is 55.3 Å². The average molecular weight is 510 g/mol. The molecule has 0 saturated heterocycles. The normalized spacial score (nSPS) is 11.9. The summed E-state index contributed by atoms with van der Waals surface area (Å²) in [5, 5.41) is 12.3. The van der Waals surface area contributed by atoms with Crippen molar-refractivity contribution in [2.24, 2.45) is 5.92 Å². The maximum absolute atomic E-state index is 14.0. The van der Waals surface area contributed by atoms with Crippen LogP contribution in [0.1, 0.15) is 70.9 Å². The number of benzene rings is 3. The molecule has 0 unspecified atom stereocenters. The summed E-state index contributed by atoms with van der Waals surface area (Å²) in [6, 6.07) is 13.9. The van der Waals surface area contributed by atoms with Crippen LogP contribution in [0.5, 0.6) is 5.75 Å². The number of ether oxygens (including phenoxy) is 1. The first-order valence-corrected chi connectivity index (χ1v) is 12.3. The van der Waals surface area contributed by atoms with E-state index in [9.17, 15) is 23.5 Å². The first kappa shape index (κ1) is 27.8. The van der Waals surface area contributed by atoms with Crippen LogP contribution in [-0.4, -0.2) is 17.0 Å². The summed E-state index contributed by atoms with van der Waals surface area (Å²) in [6.07, 6.45) is 0.772. The van der Waals surface area contributed by atoms with E-state index >= 15 is 0 Å². The maximum atomic E-state index is 14.0. The van der Waals surface area contributed by atoms with Gasteiger partial charge in [0.05, 0.1) is 6.04 Å². The van der Waals surface area contributed by atoms with Crippen molar-refractivity contribution >= 4 is 11.9 Å². The zero-order chi connectivity index (χ0) is 27.1. The lowest BCUT2D eigenvalue weighted by atomic mass is 9.93. The molecule has 0 aliphatic heterocycles. The molecule has 3 aromatic carbocycles. The second-order valence-electron chi connectivity index (χ2n) is 9.83. The molecule has 37 heavy (non-hydrogen) atoms. The van der Waals surface area contributed by atoms with Crippen molar-refractivity contribution in [3.05, 3.63) is 99.6 Å². The molecule has 0 radical (unpaired) electrons. The predicted octanol–water partition coefficient (Wildman–Crippen LogP) is 6.70. The van der Waals surface area contributed by atoms with Gasteiger partial charge in [-0.3, -0.25) is 9.59 Å². The van der Waals surface area contributed by atoms with Gasteiger partial charge < -0.3 is 15.2 Å². The summed E-state index contributed by atoms with van der Waals surface area (Å²) < 4.78 is 32.9. The Morgan fingerprint density at radius 2 is 1.68 bits per heavy atom. The Kier molecular flexibility index (Phi) is 9.39. The van der Waals surface area contributed by atoms with E-state index < -0.39 is 17.6 Å². The third-order valence-electron chi connectivity index (χ3n) is 5.97. The Labute approximate surface area is 216 Å². The highest BCUT2D eigenvalue weighted by atomic mass is 19.1. The van der Waals surface area contributed by atoms with Gasteiger partial charge >= 0.3 is 5.97 Å². The largest absolute Gasteiger partial charge is 0.486 e. The molecule has 0 heterocycles. The van der Waals surface area contributed by atoms with E-state index in [2.05, 4.69) is 37.4 Å². The van der Waals surface area contributed by atoms with Gasteiger partial charge in [-0.15, -0.1) is 0 Å². The van der Waals surface area contributed by atoms with Gasteiger partial charge in [-0.2, -0.15) is 0 Å². The predicted molar refractivity (Wildman–Crippen MR) is 139 cm³/mol. The summed E-state index contributed by atoms with van der Waals surface area (Å²) in [5.74, 6) is -2.52. The molecule has 3 aromatic rings. The highest BCUT2D eigenvalue weighted by molar-refractivity contribution is 5.96. The third kappa shape index (κ3) is 8.13. The Hall–Kier alpha value is -3.74. The van der Waals surface area contributed by atoms with E-state index in [1.54, 1.807) is 18.2 Å². The summed E-state index contributed by atoms with van der Waals surface area (Å²) in [6.45, 7) is 8.11. The Balaban J connectivity index is 1.90. The molecule has 196 valence electrons. The fraction of sp³-hybridized carbons (Fsp3) is 0.333. The van der Waals surface area contributed by atoms with E-state index in [0.717, 1.165) is 41.3 Å². The van der Waals surface area contributed by atoms with Crippen LogP contribution >= 0.6 is 0 Å². The molecule has 1 atom stereocenters. The fourth-order valence-electron chi connectivity index (χ4n) is 4.33. The number of amides is 1. The monoisotopic (exact) mass is 509 g/mol. The number of rotatable bonds is 11. The molecule has 0 aromatic heterocycles. The minimum atomic E-state index is -0.965. The summed E-state index contributed by atoms with van der Waals surface area (Å²) >= 11 is 0. The molecule has 0 bridgehead atoms. The lowest BCUT2D eigenvalue weighted by Gasteiger charge is -2.23. The maximum Gasteiger partial charge on any atom is 0.303 e. The van der Waals surface area contributed by atoms with E-state index in [0.29, 0.717) is 22.6 Å². The molecule has 2 N–H and O–H groups in total. The van der Waals surface area contributed by atoms with E-state index in [1.165, 1.54) is 0 Å². The van der Waals surface area contributed by atoms with Gasteiger partial charge in [0.1, 0.15) is 12.4 Å². The molecule has 0 fully saturated rings. The van der Waals surface area contributed by atoms with Crippen LogP contribution in [0.2, 0.25) is 0 Å². The lowest BCUT2D eigenvalue weighted by molar-refractivity contribution is -0.136. The molecule has 0 aliphatic rings. The number of carbonyl (C=O) groups is 2. The van der Waals surface area contributed by atoms with Gasteiger partial charge in [-0.05, 0) is 67.5 Å². The second-order valence-corrected chi connectivity index (χ2v) is 9.83. The van der Waals surface area contributed by atoms with E-state index in [1.807, 2.05) is 13.8 Å². The van der Waals surface area contributed by atoms with Crippen LogP contribution in [0.15, 0.2) is 54.6 Å². The van der Waals surface area contributed by atoms with Gasteiger partial charge in [-0.25, -0.2) is 8.78 Å². The minimum absolute atomic E-state index is 0.0909. The number of aryl methyl sites for hydroxylation is 3. The number of halogens is 2. The highest BCUT2D eigenvalue weighted by Gasteiger charge is 2.21. The number of aliphatic carboxylic acids is 1. The molecule has 0 spiro atoms.